The smallest absolute Gasteiger partial charge is 0.221 e. The van der Waals surface area contributed by atoms with Gasteiger partial charge in [-0.3, -0.25) is 14.5 Å². The van der Waals surface area contributed by atoms with E-state index in [0.717, 1.165) is 57.3 Å². The number of nitrogens with one attached hydrogen (secondary N) is 1. The third-order valence-electron chi connectivity index (χ3n) is 5.96. The van der Waals surface area contributed by atoms with Gasteiger partial charge in [-0.2, -0.15) is 0 Å². The van der Waals surface area contributed by atoms with Gasteiger partial charge in [0.2, 0.25) is 11.8 Å². The van der Waals surface area contributed by atoms with E-state index in [1.807, 2.05) is 12.1 Å². The second kappa shape index (κ2) is 12.4. The van der Waals surface area contributed by atoms with Crippen LogP contribution in [0.3, 0.4) is 0 Å². The van der Waals surface area contributed by atoms with Crippen LogP contribution in [0, 0.1) is 11.8 Å². The fourth-order valence-corrected chi connectivity index (χ4v) is 4.36. The van der Waals surface area contributed by atoms with Crippen LogP contribution in [0.4, 0.5) is 0 Å². The van der Waals surface area contributed by atoms with Gasteiger partial charge in [-0.15, -0.1) is 24.8 Å². The van der Waals surface area contributed by atoms with Crippen molar-refractivity contribution in [1.82, 2.24) is 10.2 Å². The largest absolute Gasteiger partial charge is 0.369 e. The average Bonchev–Trinajstić information content (AvgIpc) is 3.05. The van der Waals surface area contributed by atoms with E-state index in [1.54, 1.807) is 0 Å². The summed E-state index contributed by atoms with van der Waals surface area (Å²) < 4.78 is 0. The summed E-state index contributed by atoms with van der Waals surface area (Å²) in [5, 5.41) is 3.03. The van der Waals surface area contributed by atoms with Crippen LogP contribution < -0.4 is 16.8 Å². The van der Waals surface area contributed by atoms with Crippen LogP contribution in [0.2, 0.25) is 0 Å². The number of amides is 2. The number of carbonyl (C=O) groups excluding carboxylic acids is 2. The van der Waals surface area contributed by atoms with Gasteiger partial charge in [0.1, 0.15) is 0 Å². The molecule has 0 aromatic heterocycles. The molecule has 0 radical (unpaired) electrons. The molecule has 0 bridgehead atoms. The Bertz CT molecular complexity index is 674. The number of carbonyl (C=O) groups is 2. The van der Waals surface area contributed by atoms with Crippen LogP contribution in [-0.2, 0) is 22.7 Å². The van der Waals surface area contributed by atoms with Gasteiger partial charge < -0.3 is 16.8 Å². The standard InChI is InChI=1S/C21H32N4O2.2ClH/c22-19-8-2-6-17(19)11-20(26)24-12-15-4-1-5-16(10-15)13-25-9-3-7-18(14-25)21(23)27;;/h1,4-5,10,17-19H,2-3,6-9,11-14,22H2,(H2,23,27)(H,24,26);2*1H/t17-,18?,19+;;/m0../s1. The highest BCUT2D eigenvalue weighted by Crippen LogP contribution is 2.26. The van der Waals surface area contributed by atoms with Gasteiger partial charge in [0.05, 0.1) is 5.92 Å². The lowest BCUT2D eigenvalue weighted by molar-refractivity contribution is -0.123. The Morgan fingerprint density at radius 1 is 1.10 bits per heavy atom. The summed E-state index contributed by atoms with van der Waals surface area (Å²) in [4.78, 5) is 25.9. The van der Waals surface area contributed by atoms with E-state index in [4.69, 9.17) is 11.5 Å². The van der Waals surface area contributed by atoms with Crippen molar-refractivity contribution in [2.45, 2.75) is 57.7 Å². The van der Waals surface area contributed by atoms with Crippen molar-refractivity contribution in [2.75, 3.05) is 13.1 Å². The molecule has 2 amide bonds. The van der Waals surface area contributed by atoms with E-state index < -0.39 is 0 Å². The van der Waals surface area contributed by atoms with Crippen molar-refractivity contribution >= 4 is 36.6 Å². The van der Waals surface area contributed by atoms with Crippen LogP contribution in [0.1, 0.15) is 49.7 Å². The summed E-state index contributed by atoms with van der Waals surface area (Å²) in [7, 11) is 0. The molecule has 3 rings (SSSR count). The van der Waals surface area contributed by atoms with Crippen LogP contribution in [0.25, 0.3) is 0 Å². The van der Waals surface area contributed by atoms with Crippen molar-refractivity contribution < 1.29 is 9.59 Å². The molecule has 8 heteroatoms. The second-order valence-corrected chi connectivity index (χ2v) is 8.13. The monoisotopic (exact) mass is 444 g/mol. The molecule has 5 N–H and O–H groups in total. The van der Waals surface area contributed by atoms with Crippen LogP contribution in [-0.4, -0.2) is 35.8 Å². The normalized spacial score (nSPS) is 24.2. The first kappa shape index (κ1) is 25.7. The van der Waals surface area contributed by atoms with Crippen molar-refractivity contribution in [1.29, 1.82) is 0 Å². The number of halogens is 2. The molecule has 164 valence electrons. The maximum Gasteiger partial charge on any atom is 0.221 e. The molecule has 1 unspecified atom stereocenters. The van der Waals surface area contributed by atoms with E-state index in [-0.39, 0.29) is 48.6 Å². The molecule has 6 nitrogen and oxygen atoms in total. The van der Waals surface area contributed by atoms with Gasteiger partial charge >= 0.3 is 0 Å². The van der Waals surface area contributed by atoms with Crippen LogP contribution in [0.15, 0.2) is 24.3 Å². The number of rotatable bonds is 7. The number of likely N-dealkylation sites (tertiary alicyclic amines) is 1. The number of benzene rings is 1. The minimum Gasteiger partial charge on any atom is -0.369 e. The van der Waals surface area contributed by atoms with Gasteiger partial charge in [0.25, 0.3) is 0 Å². The van der Waals surface area contributed by atoms with Crippen molar-refractivity contribution in [2.24, 2.45) is 23.3 Å². The Morgan fingerprint density at radius 2 is 1.86 bits per heavy atom. The van der Waals surface area contributed by atoms with Gasteiger partial charge in [-0.25, -0.2) is 0 Å². The molecule has 3 atom stereocenters. The number of nitrogens with zero attached hydrogens (tertiary/aromatic N) is 1. The lowest BCUT2D eigenvalue weighted by Crippen LogP contribution is -2.40. The van der Waals surface area contributed by atoms with Gasteiger partial charge in [0.15, 0.2) is 0 Å². The minimum absolute atomic E-state index is 0. The zero-order valence-corrected chi connectivity index (χ0v) is 18.5. The van der Waals surface area contributed by atoms with Crippen LogP contribution in [0.5, 0.6) is 0 Å². The topological polar surface area (TPSA) is 101 Å². The fourth-order valence-electron chi connectivity index (χ4n) is 4.36. The highest BCUT2D eigenvalue weighted by Gasteiger charge is 2.26. The molecule has 1 saturated heterocycles. The minimum atomic E-state index is -0.196. The quantitative estimate of drug-likeness (QED) is 0.600. The van der Waals surface area contributed by atoms with Crippen LogP contribution >= 0.6 is 24.8 Å². The number of nitrogens with two attached hydrogens (primary N) is 2. The summed E-state index contributed by atoms with van der Waals surface area (Å²) >= 11 is 0. The number of hydrogen-bond donors (Lipinski definition) is 3. The van der Waals surface area contributed by atoms with Gasteiger partial charge in [0, 0.05) is 32.1 Å². The van der Waals surface area contributed by atoms with E-state index in [9.17, 15) is 9.59 Å². The highest BCUT2D eigenvalue weighted by molar-refractivity contribution is 5.85. The molecule has 2 fully saturated rings. The Kier molecular flexibility index (Phi) is 11.0. The lowest BCUT2D eigenvalue weighted by atomic mass is 9.97. The molecule has 1 aromatic carbocycles. The molecule has 0 spiro atoms. The third kappa shape index (κ3) is 7.78. The van der Waals surface area contributed by atoms with Gasteiger partial charge in [-0.1, -0.05) is 30.7 Å². The Hall–Kier alpha value is -1.34. The Balaban J connectivity index is 0.00000210. The summed E-state index contributed by atoms with van der Waals surface area (Å²) in [6.07, 6.45) is 5.66. The molecular formula is C21H34Cl2N4O2. The maximum atomic E-state index is 12.2. The van der Waals surface area contributed by atoms with E-state index in [1.165, 1.54) is 5.56 Å². The molecular weight excluding hydrogens is 411 g/mol. The Morgan fingerprint density at radius 3 is 2.55 bits per heavy atom. The molecule has 1 heterocycles. The van der Waals surface area contributed by atoms with Crippen molar-refractivity contribution in [3.8, 4) is 0 Å². The van der Waals surface area contributed by atoms with E-state index in [2.05, 4.69) is 22.3 Å². The fraction of sp³-hybridized carbons (Fsp3) is 0.619. The predicted octanol–water partition coefficient (Wildman–Crippen LogP) is 2.36. The summed E-state index contributed by atoms with van der Waals surface area (Å²) in [6, 6.07) is 8.46. The molecule has 1 aromatic rings. The van der Waals surface area contributed by atoms with E-state index in [0.29, 0.717) is 18.9 Å². The SMILES string of the molecule is Cl.Cl.NC(=O)C1CCCN(Cc2cccc(CNC(=O)C[C@@H]3CCC[C@H]3N)c2)C1. The molecule has 2 aliphatic rings. The lowest BCUT2D eigenvalue weighted by Gasteiger charge is -2.31. The summed E-state index contributed by atoms with van der Waals surface area (Å²) in [6.45, 7) is 3.07. The summed E-state index contributed by atoms with van der Waals surface area (Å²) in [5.41, 5.74) is 13.8. The Labute approximate surface area is 186 Å². The molecule has 1 saturated carbocycles. The first-order valence-corrected chi connectivity index (χ1v) is 10.1. The zero-order valence-electron chi connectivity index (χ0n) is 16.8. The second-order valence-electron chi connectivity index (χ2n) is 8.13. The van der Waals surface area contributed by atoms with E-state index >= 15 is 0 Å². The highest BCUT2D eigenvalue weighted by atomic mass is 35.5. The number of hydrogen-bond acceptors (Lipinski definition) is 4. The number of piperidine rings is 1. The average molecular weight is 445 g/mol. The van der Waals surface area contributed by atoms with Crippen molar-refractivity contribution in [3.05, 3.63) is 35.4 Å². The molecule has 29 heavy (non-hydrogen) atoms. The molecule has 1 aliphatic heterocycles. The first-order valence-electron chi connectivity index (χ1n) is 10.1. The predicted molar refractivity (Wildman–Crippen MR) is 120 cm³/mol. The first-order chi connectivity index (χ1) is 13.0. The van der Waals surface area contributed by atoms with Gasteiger partial charge in [-0.05, 0) is 49.3 Å². The molecule has 1 aliphatic carbocycles. The summed E-state index contributed by atoms with van der Waals surface area (Å²) in [5.74, 6) is 0.179. The zero-order chi connectivity index (χ0) is 19.2. The number of primary amides is 1. The van der Waals surface area contributed by atoms with Crippen molar-refractivity contribution in [3.63, 3.8) is 0 Å². The third-order valence-corrected chi connectivity index (χ3v) is 5.96. The maximum absolute atomic E-state index is 12.2.